The molecule has 0 aliphatic carbocycles. The van der Waals surface area contributed by atoms with Crippen molar-refractivity contribution in [3.8, 4) is 5.75 Å². The summed E-state index contributed by atoms with van der Waals surface area (Å²) in [5, 5.41) is 3.27. The van der Waals surface area contributed by atoms with Crippen molar-refractivity contribution in [1.82, 2.24) is 9.80 Å². The number of anilines is 1. The number of likely N-dealkylation sites (tertiary alicyclic amines) is 2. The predicted molar refractivity (Wildman–Crippen MR) is 136 cm³/mol. The summed E-state index contributed by atoms with van der Waals surface area (Å²) in [5.41, 5.74) is -3.19. The third-order valence-corrected chi connectivity index (χ3v) is 7.79. The minimum absolute atomic E-state index is 0.0150. The minimum Gasteiger partial charge on any atom is -0.495 e. The molecule has 2 aromatic rings. The Labute approximate surface area is 232 Å². The van der Waals surface area contributed by atoms with Crippen molar-refractivity contribution in [3.63, 3.8) is 0 Å². The van der Waals surface area contributed by atoms with Crippen LogP contribution in [0.4, 0.5) is 36.8 Å². The van der Waals surface area contributed by atoms with Crippen LogP contribution in [0.15, 0.2) is 36.4 Å². The van der Waals surface area contributed by atoms with Gasteiger partial charge in [0.25, 0.3) is 5.91 Å². The Balaban J connectivity index is 1.32. The highest BCUT2D eigenvalue weighted by atomic mass is 35.5. The summed E-state index contributed by atoms with van der Waals surface area (Å²) in [7, 11) is 1.49. The van der Waals surface area contributed by atoms with Crippen LogP contribution in [0.1, 0.15) is 47.2 Å². The number of nitrogens with one attached hydrogen (secondary N) is 1. The van der Waals surface area contributed by atoms with E-state index in [0.717, 1.165) is 12.8 Å². The van der Waals surface area contributed by atoms with E-state index in [1.54, 1.807) is 23.1 Å². The van der Waals surface area contributed by atoms with Crippen molar-refractivity contribution in [2.75, 3.05) is 38.6 Å². The minimum atomic E-state index is -5.02. The molecule has 0 bridgehead atoms. The molecule has 2 fully saturated rings. The van der Waals surface area contributed by atoms with Crippen LogP contribution in [0.2, 0.25) is 5.02 Å². The van der Waals surface area contributed by atoms with Crippen LogP contribution in [-0.4, -0.2) is 55.0 Å². The zero-order valence-corrected chi connectivity index (χ0v) is 22.3. The molecule has 0 radical (unpaired) electrons. The van der Waals surface area contributed by atoms with Crippen LogP contribution in [0, 0.1) is 11.8 Å². The molecule has 2 aliphatic heterocycles. The van der Waals surface area contributed by atoms with Crippen LogP contribution in [0.5, 0.6) is 5.75 Å². The molecule has 3 amide bonds. The van der Waals surface area contributed by atoms with Gasteiger partial charge in [-0.15, -0.1) is 0 Å². The van der Waals surface area contributed by atoms with E-state index in [9.17, 15) is 35.9 Å². The summed E-state index contributed by atoms with van der Waals surface area (Å²) in [6.45, 7) is 1.50. The van der Waals surface area contributed by atoms with E-state index in [0.29, 0.717) is 54.5 Å². The monoisotopic (exact) mass is 591 g/mol. The number of alkyl halides is 6. The van der Waals surface area contributed by atoms with Gasteiger partial charge in [-0.1, -0.05) is 11.6 Å². The van der Waals surface area contributed by atoms with Gasteiger partial charge in [0, 0.05) is 36.8 Å². The summed E-state index contributed by atoms with van der Waals surface area (Å²) < 4.78 is 84.5. The topological polar surface area (TPSA) is 61.9 Å². The van der Waals surface area contributed by atoms with Crippen molar-refractivity contribution in [2.45, 2.75) is 38.0 Å². The fraction of sp³-hybridized carbons (Fsp3) is 0.481. The predicted octanol–water partition coefficient (Wildman–Crippen LogP) is 7.18. The van der Waals surface area contributed by atoms with Gasteiger partial charge in [-0.25, -0.2) is 4.79 Å². The van der Waals surface area contributed by atoms with Gasteiger partial charge in [-0.2, -0.15) is 26.3 Å². The second-order valence-corrected chi connectivity index (χ2v) is 10.5. The van der Waals surface area contributed by atoms with Gasteiger partial charge in [0.05, 0.1) is 23.9 Å². The van der Waals surface area contributed by atoms with E-state index in [-0.39, 0.29) is 37.0 Å². The average Bonchev–Trinajstić information content (AvgIpc) is 2.92. The molecular weight excluding hydrogens is 564 g/mol. The van der Waals surface area contributed by atoms with Gasteiger partial charge < -0.3 is 19.9 Å². The maximum absolute atomic E-state index is 13.2. The van der Waals surface area contributed by atoms with Gasteiger partial charge in [0.15, 0.2) is 0 Å². The number of benzene rings is 2. The third-order valence-electron chi connectivity index (χ3n) is 7.56. The highest BCUT2D eigenvalue weighted by Crippen LogP contribution is 2.38. The highest BCUT2D eigenvalue weighted by molar-refractivity contribution is 6.31. The van der Waals surface area contributed by atoms with Gasteiger partial charge in [-0.05, 0) is 73.9 Å². The number of nitrogens with zero attached hydrogens (tertiary/aromatic N) is 2. The molecule has 2 heterocycles. The molecule has 40 heavy (non-hydrogen) atoms. The maximum Gasteiger partial charge on any atom is 0.416 e. The molecule has 0 aromatic heterocycles. The number of piperidine rings is 2. The van der Waals surface area contributed by atoms with Gasteiger partial charge in [-0.3, -0.25) is 4.79 Å². The van der Waals surface area contributed by atoms with E-state index in [1.165, 1.54) is 12.0 Å². The normalized spacial score (nSPS) is 17.6. The van der Waals surface area contributed by atoms with Crippen molar-refractivity contribution >= 4 is 29.2 Å². The van der Waals surface area contributed by atoms with Crippen LogP contribution in [-0.2, 0) is 12.4 Å². The summed E-state index contributed by atoms with van der Waals surface area (Å²) in [6.07, 6.45) is -7.41. The molecule has 0 spiro atoms. The fourth-order valence-corrected chi connectivity index (χ4v) is 5.55. The van der Waals surface area contributed by atoms with Crippen molar-refractivity contribution < 1.29 is 40.7 Å². The van der Waals surface area contributed by atoms with Gasteiger partial charge in [0.1, 0.15) is 5.75 Å². The molecule has 2 aromatic carbocycles. The molecule has 2 saturated heterocycles. The lowest BCUT2D eigenvalue weighted by molar-refractivity contribution is -0.143. The number of carbonyl (C=O) groups excluding carboxylic acids is 2. The Hall–Kier alpha value is -3.15. The third kappa shape index (κ3) is 6.94. The quantitative estimate of drug-likeness (QED) is 0.383. The molecule has 6 nitrogen and oxygen atoms in total. The number of urea groups is 1. The second kappa shape index (κ2) is 11.8. The number of carbonyl (C=O) groups is 2. The number of rotatable bonds is 4. The number of hydrogen-bond donors (Lipinski definition) is 1. The SMILES string of the molecule is COc1ccc(Cl)cc1NC(=O)N1CCC(C2CCN(C(=O)c3cc(C(F)(F)F)cc(C(F)(F)F)c3)CC2)CC1. The molecule has 1 N–H and O–H groups in total. The first-order chi connectivity index (χ1) is 18.8. The zero-order valence-electron chi connectivity index (χ0n) is 21.5. The van der Waals surface area contributed by atoms with Crippen LogP contribution < -0.4 is 10.1 Å². The Bertz CT molecular complexity index is 1200. The van der Waals surface area contributed by atoms with Gasteiger partial charge in [0.2, 0.25) is 0 Å². The van der Waals surface area contributed by atoms with E-state index >= 15 is 0 Å². The molecule has 2 aliphatic rings. The van der Waals surface area contributed by atoms with E-state index in [1.807, 2.05) is 0 Å². The van der Waals surface area contributed by atoms with Crippen molar-refractivity contribution in [3.05, 3.63) is 58.1 Å². The van der Waals surface area contributed by atoms with Crippen molar-refractivity contribution in [1.29, 1.82) is 0 Å². The second-order valence-electron chi connectivity index (χ2n) is 10.0. The molecule has 218 valence electrons. The number of halogens is 7. The lowest BCUT2D eigenvalue weighted by Gasteiger charge is -2.40. The lowest BCUT2D eigenvalue weighted by atomic mass is 9.78. The van der Waals surface area contributed by atoms with E-state index in [2.05, 4.69) is 5.32 Å². The first-order valence-corrected chi connectivity index (χ1v) is 13.1. The Morgan fingerprint density at radius 2 is 1.32 bits per heavy atom. The highest BCUT2D eigenvalue weighted by Gasteiger charge is 2.38. The Morgan fingerprint density at radius 3 is 1.80 bits per heavy atom. The first kappa shape index (κ1) is 29.8. The number of hydrogen-bond acceptors (Lipinski definition) is 3. The number of amides is 3. The summed E-state index contributed by atoms with van der Waals surface area (Å²) >= 11 is 6.03. The standard InChI is InChI=1S/C27H28ClF6N3O3/c1-40-23-3-2-21(28)15-22(23)35-25(39)37-10-6-17(7-11-37)16-4-8-36(9-5-16)24(38)18-12-19(26(29,30)31)14-20(13-18)27(32,33)34/h2-3,12-17H,4-11H2,1H3,(H,35,39). The summed E-state index contributed by atoms with van der Waals surface area (Å²) in [4.78, 5) is 28.7. The van der Waals surface area contributed by atoms with Crippen LogP contribution in [0.3, 0.4) is 0 Å². The first-order valence-electron chi connectivity index (χ1n) is 12.7. The number of methoxy groups -OCH3 is 1. The molecule has 0 unspecified atom stereocenters. The molecule has 0 saturated carbocycles. The van der Waals surface area contributed by atoms with Crippen LogP contribution >= 0.6 is 11.6 Å². The Morgan fingerprint density at radius 1 is 0.825 bits per heavy atom. The number of ether oxygens (including phenoxy) is 1. The maximum atomic E-state index is 13.2. The zero-order chi connectivity index (χ0) is 29.2. The van der Waals surface area contributed by atoms with E-state index < -0.39 is 35.0 Å². The fourth-order valence-electron chi connectivity index (χ4n) is 5.38. The van der Waals surface area contributed by atoms with Crippen LogP contribution in [0.25, 0.3) is 0 Å². The molecule has 0 atom stereocenters. The molecule has 4 rings (SSSR count). The van der Waals surface area contributed by atoms with Gasteiger partial charge >= 0.3 is 18.4 Å². The summed E-state index contributed by atoms with van der Waals surface area (Å²) in [6, 6.07) is 5.60. The lowest BCUT2D eigenvalue weighted by Crippen LogP contribution is -2.45. The van der Waals surface area contributed by atoms with Crippen molar-refractivity contribution in [2.24, 2.45) is 11.8 Å². The van der Waals surface area contributed by atoms with E-state index in [4.69, 9.17) is 16.3 Å². The average molecular weight is 592 g/mol. The molecular formula is C27H28ClF6N3O3. The smallest absolute Gasteiger partial charge is 0.416 e. The largest absolute Gasteiger partial charge is 0.495 e. The summed E-state index contributed by atoms with van der Waals surface area (Å²) in [5.74, 6) is 0.147. The molecule has 13 heteroatoms. The Kier molecular flexibility index (Phi) is 8.77.